The van der Waals surface area contributed by atoms with E-state index in [1.165, 1.54) is 22.7 Å². The molecule has 0 atom stereocenters. The number of nitrogens with one attached hydrogen (secondary N) is 1. The molecular weight excluding hydrogens is 346 g/mol. The molecule has 0 radical (unpaired) electrons. The molecular formula is C16H17N3O3S2. The van der Waals surface area contributed by atoms with Gasteiger partial charge >= 0.3 is 5.97 Å². The first-order valence-electron chi connectivity index (χ1n) is 7.44. The molecule has 3 aromatic heterocycles. The third-order valence-corrected chi connectivity index (χ3v) is 5.79. The quantitative estimate of drug-likeness (QED) is 0.716. The average molecular weight is 363 g/mol. The standard InChI is InChI=1S/C16H17N3O3S2/c1-5-22-15(21)12-9(3)10(4)24-14(12)18-13(20)11-6-19-8(2)7-23-16(19)17-11/h6-7H,5H2,1-4H3,(H,18,20). The predicted octanol–water partition coefficient (Wildman–Crippen LogP) is 3.81. The molecule has 1 N–H and O–H groups in total. The van der Waals surface area contributed by atoms with Crippen molar-refractivity contribution in [2.24, 2.45) is 0 Å². The van der Waals surface area contributed by atoms with E-state index in [0.717, 1.165) is 21.1 Å². The van der Waals surface area contributed by atoms with Gasteiger partial charge in [-0.05, 0) is 33.3 Å². The van der Waals surface area contributed by atoms with E-state index in [1.807, 2.05) is 30.6 Å². The van der Waals surface area contributed by atoms with E-state index in [0.29, 0.717) is 16.3 Å². The van der Waals surface area contributed by atoms with E-state index in [1.54, 1.807) is 13.1 Å². The summed E-state index contributed by atoms with van der Waals surface area (Å²) in [6.45, 7) is 7.76. The van der Waals surface area contributed by atoms with Gasteiger partial charge in [0.25, 0.3) is 5.91 Å². The molecule has 0 aliphatic carbocycles. The fraction of sp³-hybridized carbons (Fsp3) is 0.312. The number of nitrogens with zero attached hydrogens (tertiary/aromatic N) is 2. The largest absolute Gasteiger partial charge is 0.462 e. The highest BCUT2D eigenvalue weighted by atomic mass is 32.1. The molecule has 126 valence electrons. The minimum absolute atomic E-state index is 0.289. The second-order valence-electron chi connectivity index (χ2n) is 5.32. The Morgan fingerprint density at radius 3 is 2.75 bits per heavy atom. The van der Waals surface area contributed by atoms with Crippen LogP contribution in [0.2, 0.25) is 0 Å². The summed E-state index contributed by atoms with van der Waals surface area (Å²) in [4.78, 5) is 30.8. The molecule has 0 bridgehead atoms. The lowest BCUT2D eigenvalue weighted by molar-refractivity contribution is 0.0527. The zero-order chi connectivity index (χ0) is 17.4. The second kappa shape index (κ2) is 6.37. The van der Waals surface area contributed by atoms with Crippen molar-refractivity contribution in [2.45, 2.75) is 27.7 Å². The van der Waals surface area contributed by atoms with Gasteiger partial charge < -0.3 is 10.1 Å². The van der Waals surface area contributed by atoms with Gasteiger partial charge in [-0.3, -0.25) is 9.20 Å². The van der Waals surface area contributed by atoms with Gasteiger partial charge in [0.05, 0.1) is 12.2 Å². The number of thiazole rings is 1. The van der Waals surface area contributed by atoms with Crippen LogP contribution in [0.3, 0.4) is 0 Å². The van der Waals surface area contributed by atoms with Crippen LogP contribution in [0.1, 0.15) is 43.9 Å². The van der Waals surface area contributed by atoms with Crippen molar-refractivity contribution in [1.82, 2.24) is 9.38 Å². The number of fused-ring (bicyclic) bond motifs is 1. The fourth-order valence-electron chi connectivity index (χ4n) is 2.33. The summed E-state index contributed by atoms with van der Waals surface area (Å²) < 4.78 is 6.97. The molecule has 0 aliphatic heterocycles. The van der Waals surface area contributed by atoms with E-state index >= 15 is 0 Å². The fourth-order valence-corrected chi connectivity index (χ4v) is 4.23. The van der Waals surface area contributed by atoms with Gasteiger partial charge in [0.1, 0.15) is 10.7 Å². The van der Waals surface area contributed by atoms with Crippen molar-refractivity contribution in [3.63, 3.8) is 0 Å². The molecule has 3 heterocycles. The Hall–Kier alpha value is -2.19. The van der Waals surface area contributed by atoms with Crippen LogP contribution in [0.25, 0.3) is 4.96 Å². The highest BCUT2D eigenvalue weighted by molar-refractivity contribution is 7.17. The monoisotopic (exact) mass is 363 g/mol. The third-order valence-electron chi connectivity index (χ3n) is 3.71. The molecule has 8 heteroatoms. The minimum Gasteiger partial charge on any atom is -0.462 e. The molecule has 3 rings (SSSR count). The predicted molar refractivity (Wildman–Crippen MR) is 95.5 cm³/mol. The number of hydrogen-bond acceptors (Lipinski definition) is 6. The van der Waals surface area contributed by atoms with Crippen LogP contribution in [0, 0.1) is 20.8 Å². The molecule has 0 unspecified atom stereocenters. The van der Waals surface area contributed by atoms with E-state index in [4.69, 9.17) is 4.74 Å². The summed E-state index contributed by atoms with van der Waals surface area (Å²) in [6, 6.07) is 0. The second-order valence-corrected chi connectivity index (χ2v) is 7.38. The van der Waals surface area contributed by atoms with E-state index in [2.05, 4.69) is 10.3 Å². The summed E-state index contributed by atoms with van der Waals surface area (Å²) in [5.41, 5.74) is 2.60. The number of imidazole rings is 1. The lowest BCUT2D eigenvalue weighted by Gasteiger charge is -2.06. The summed E-state index contributed by atoms with van der Waals surface area (Å²) in [5, 5.41) is 5.29. The molecule has 1 amide bonds. The zero-order valence-electron chi connectivity index (χ0n) is 13.8. The molecule has 0 saturated carbocycles. The Morgan fingerprint density at radius 2 is 2.08 bits per heavy atom. The first-order valence-corrected chi connectivity index (χ1v) is 9.13. The van der Waals surface area contributed by atoms with Crippen LogP contribution in [-0.4, -0.2) is 27.9 Å². The lowest BCUT2D eigenvalue weighted by Crippen LogP contribution is -2.15. The van der Waals surface area contributed by atoms with Crippen molar-refractivity contribution >= 4 is 44.5 Å². The smallest absolute Gasteiger partial charge is 0.341 e. The molecule has 0 saturated heterocycles. The van der Waals surface area contributed by atoms with Gasteiger partial charge in [-0.1, -0.05) is 0 Å². The maximum absolute atomic E-state index is 12.5. The SMILES string of the molecule is CCOC(=O)c1c(NC(=O)c2cn3c(C)csc3n2)sc(C)c1C. The maximum Gasteiger partial charge on any atom is 0.341 e. The number of amides is 1. The van der Waals surface area contributed by atoms with Crippen molar-refractivity contribution in [3.8, 4) is 0 Å². The number of carbonyl (C=O) groups excluding carboxylic acids is 2. The number of carbonyl (C=O) groups is 2. The van der Waals surface area contributed by atoms with Crippen molar-refractivity contribution < 1.29 is 14.3 Å². The molecule has 3 aromatic rings. The number of hydrogen-bond donors (Lipinski definition) is 1. The number of esters is 1. The van der Waals surface area contributed by atoms with Gasteiger partial charge in [-0.25, -0.2) is 9.78 Å². The lowest BCUT2D eigenvalue weighted by atomic mass is 10.1. The highest BCUT2D eigenvalue weighted by Gasteiger charge is 2.23. The van der Waals surface area contributed by atoms with Crippen LogP contribution >= 0.6 is 22.7 Å². The van der Waals surface area contributed by atoms with Gasteiger partial charge in [0, 0.05) is 22.1 Å². The van der Waals surface area contributed by atoms with Crippen molar-refractivity contribution in [1.29, 1.82) is 0 Å². The molecule has 0 aliphatic rings. The number of ether oxygens (including phenoxy) is 1. The van der Waals surface area contributed by atoms with Crippen molar-refractivity contribution in [2.75, 3.05) is 11.9 Å². The molecule has 6 nitrogen and oxygen atoms in total. The zero-order valence-corrected chi connectivity index (χ0v) is 15.4. The number of anilines is 1. The maximum atomic E-state index is 12.5. The first kappa shape index (κ1) is 16.7. The van der Waals surface area contributed by atoms with Crippen LogP contribution < -0.4 is 5.32 Å². The molecule has 0 fully saturated rings. The topological polar surface area (TPSA) is 72.7 Å². The Kier molecular flexibility index (Phi) is 4.42. The van der Waals surface area contributed by atoms with Crippen LogP contribution in [-0.2, 0) is 4.74 Å². The molecule has 0 aromatic carbocycles. The number of aryl methyl sites for hydroxylation is 2. The summed E-state index contributed by atoms with van der Waals surface area (Å²) in [7, 11) is 0. The van der Waals surface area contributed by atoms with E-state index in [-0.39, 0.29) is 12.5 Å². The average Bonchev–Trinajstić information content (AvgIpc) is 3.16. The summed E-state index contributed by atoms with van der Waals surface area (Å²) in [6.07, 6.45) is 1.70. The number of aromatic nitrogens is 2. The summed E-state index contributed by atoms with van der Waals surface area (Å²) >= 11 is 2.85. The Bertz CT molecular complexity index is 936. The van der Waals surface area contributed by atoms with Gasteiger partial charge in [0.15, 0.2) is 4.96 Å². The van der Waals surface area contributed by atoms with Crippen molar-refractivity contribution in [3.05, 3.63) is 39.0 Å². The first-order chi connectivity index (χ1) is 11.4. The van der Waals surface area contributed by atoms with Gasteiger partial charge in [-0.15, -0.1) is 22.7 Å². The van der Waals surface area contributed by atoms with E-state index in [9.17, 15) is 9.59 Å². The van der Waals surface area contributed by atoms with Crippen LogP contribution in [0.4, 0.5) is 5.00 Å². The van der Waals surface area contributed by atoms with Gasteiger partial charge in [0.2, 0.25) is 0 Å². The Morgan fingerprint density at radius 1 is 1.33 bits per heavy atom. The minimum atomic E-state index is -0.420. The normalized spacial score (nSPS) is 11.0. The van der Waals surface area contributed by atoms with Gasteiger partial charge in [-0.2, -0.15) is 0 Å². The molecule has 0 spiro atoms. The number of rotatable bonds is 4. The van der Waals surface area contributed by atoms with E-state index < -0.39 is 5.97 Å². The number of thiophene rings is 1. The molecule has 24 heavy (non-hydrogen) atoms. The Labute approximate surface area is 147 Å². The summed E-state index contributed by atoms with van der Waals surface area (Å²) in [5.74, 6) is -0.756. The van der Waals surface area contributed by atoms with Crippen LogP contribution in [0.15, 0.2) is 11.6 Å². The highest BCUT2D eigenvalue weighted by Crippen LogP contribution is 2.33. The third kappa shape index (κ3) is 2.83. The van der Waals surface area contributed by atoms with Crippen LogP contribution in [0.5, 0.6) is 0 Å². The Balaban J connectivity index is 1.91.